The van der Waals surface area contributed by atoms with E-state index < -0.39 is 82.5 Å². The SMILES string of the molecule is COc1cc(-c2oc3c(O)c(O[C@@H]4O[C@@H](CO)[C@@H](O)[C@H](O)[C@H]4O)cc(O)c3c(=O)c2O)ccc1O. The first-order valence-electron chi connectivity index (χ1n) is 10.2. The molecule has 0 saturated carbocycles. The Bertz CT molecular complexity index is 1320. The van der Waals surface area contributed by atoms with E-state index in [-0.39, 0.29) is 17.1 Å². The van der Waals surface area contributed by atoms with Gasteiger partial charge in [0.05, 0.1) is 13.7 Å². The van der Waals surface area contributed by atoms with Crippen LogP contribution in [-0.4, -0.2) is 85.3 Å². The van der Waals surface area contributed by atoms with E-state index in [2.05, 4.69) is 0 Å². The lowest BCUT2D eigenvalue weighted by molar-refractivity contribution is -0.277. The van der Waals surface area contributed by atoms with Gasteiger partial charge >= 0.3 is 0 Å². The van der Waals surface area contributed by atoms with E-state index in [1.165, 1.54) is 25.3 Å². The van der Waals surface area contributed by atoms with Crippen molar-refractivity contribution in [2.75, 3.05) is 13.7 Å². The second-order valence-corrected chi connectivity index (χ2v) is 7.76. The number of aliphatic hydroxyl groups is 4. The van der Waals surface area contributed by atoms with Crippen LogP contribution in [0.5, 0.6) is 34.5 Å². The summed E-state index contributed by atoms with van der Waals surface area (Å²) in [5.74, 6) is -3.72. The van der Waals surface area contributed by atoms with Crippen molar-refractivity contribution in [2.24, 2.45) is 0 Å². The topological polar surface area (TPSA) is 220 Å². The molecule has 188 valence electrons. The Labute approximate surface area is 195 Å². The number of hydrogen-bond donors (Lipinski definition) is 8. The third-order valence-corrected chi connectivity index (χ3v) is 5.59. The van der Waals surface area contributed by atoms with Crippen LogP contribution in [0.2, 0.25) is 0 Å². The minimum atomic E-state index is -1.82. The molecular formula is C22H22O13. The number of phenolic OH excluding ortho intramolecular Hbond substituents is 3. The minimum absolute atomic E-state index is 0.00332. The molecule has 2 heterocycles. The van der Waals surface area contributed by atoms with Crippen molar-refractivity contribution in [3.63, 3.8) is 0 Å². The number of aliphatic hydroxyl groups excluding tert-OH is 4. The molecule has 13 heteroatoms. The van der Waals surface area contributed by atoms with Crippen LogP contribution in [-0.2, 0) is 4.74 Å². The van der Waals surface area contributed by atoms with Crippen LogP contribution in [0.4, 0.5) is 0 Å². The number of benzene rings is 2. The van der Waals surface area contributed by atoms with Gasteiger partial charge in [0.15, 0.2) is 28.6 Å². The fourth-order valence-electron chi connectivity index (χ4n) is 3.70. The third-order valence-electron chi connectivity index (χ3n) is 5.59. The van der Waals surface area contributed by atoms with E-state index in [0.29, 0.717) is 0 Å². The number of hydrogen-bond acceptors (Lipinski definition) is 13. The Morgan fingerprint density at radius 2 is 1.63 bits per heavy atom. The van der Waals surface area contributed by atoms with Crippen molar-refractivity contribution in [1.29, 1.82) is 0 Å². The molecular weight excluding hydrogens is 472 g/mol. The van der Waals surface area contributed by atoms with Gasteiger partial charge in [-0.1, -0.05) is 0 Å². The van der Waals surface area contributed by atoms with Crippen LogP contribution in [0.15, 0.2) is 33.5 Å². The van der Waals surface area contributed by atoms with Gasteiger partial charge in [-0.2, -0.15) is 0 Å². The van der Waals surface area contributed by atoms with Gasteiger partial charge in [0, 0.05) is 11.6 Å². The smallest absolute Gasteiger partial charge is 0.238 e. The minimum Gasteiger partial charge on any atom is -0.507 e. The zero-order chi connectivity index (χ0) is 25.6. The van der Waals surface area contributed by atoms with Gasteiger partial charge in [0.25, 0.3) is 0 Å². The molecule has 4 rings (SSSR count). The van der Waals surface area contributed by atoms with Crippen LogP contribution in [0.25, 0.3) is 22.3 Å². The molecule has 0 radical (unpaired) electrons. The molecule has 5 atom stereocenters. The zero-order valence-corrected chi connectivity index (χ0v) is 18.0. The van der Waals surface area contributed by atoms with Gasteiger partial charge in [0.1, 0.15) is 35.6 Å². The molecule has 0 aliphatic carbocycles. The van der Waals surface area contributed by atoms with Crippen LogP contribution in [0.3, 0.4) is 0 Å². The predicted octanol–water partition coefficient (Wildman–Crippen LogP) is -0.530. The Hall–Kier alpha value is -3.75. The number of phenols is 3. The van der Waals surface area contributed by atoms with Gasteiger partial charge < -0.3 is 59.5 Å². The highest BCUT2D eigenvalue weighted by molar-refractivity contribution is 5.93. The molecule has 0 spiro atoms. The summed E-state index contributed by atoms with van der Waals surface area (Å²) < 4.78 is 21.1. The molecule has 2 aromatic carbocycles. The van der Waals surface area contributed by atoms with E-state index in [0.717, 1.165) is 6.07 Å². The molecule has 1 fully saturated rings. The van der Waals surface area contributed by atoms with E-state index in [1.807, 2.05) is 0 Å². The molecule has 0 bridgehead atoms. The molecule has 0 amide bonds. The molecule has 8 N–H and O–H groups in total. The average Bonchev–Trinajstić information content (AvgIpc) is 2.84. The van der Waals surface area contributed by atoms with Crippen molar-refractivity contribution >= 4 is 11.0 Å². The summed E-state index contributed by atoms with van der Waals surface area (Å²) in [7, 11) is 1.28. The van der Waals surface area contributed by atoms with Gasteiger partial charge in [-0.25, -0.2) is 0 Å². The van der Waals surface area contributed by atoms with E-state index >= 15 is 0 Å². The number of rotatable bonds is 5. The monoisotopic (exact) mass is 494 g/mol. The summed E-state index contributed by atoms with van der Waals surface area (Å²) in [6.45, 7) is -0.729. The van der Waals surface area contributed by atoms with Gasteiger partial charge in [-0.05, 0) is 18.2 Å². The number of methoxy groups -OCH3 is 1. The van der Waals surface area contributed by atoms with Crippen molar-refractivity contribution < 1.29 is 59.5 Å². The number of fused-ring (bicyclic) bond motifs is 1. The Morgan fingerprint density at radius 1 is 0.914 bits per heavy atom. The average molecular weight is 494 g/mol. The summed E-state index contributed by atoms with van der Waals surface area (Å²) in [4.78, 5) is 12.8. The summed E-state index contributed by atoms with van der Waals surface area (Å²) >= 11 is 0. The van der Waals surface area contributed by atoms with Crippen LogP contribution in [0, 0.1) is 0 Å². The predicted molar refractivity (Wildman–Crippen MR) is 116 cm³/mol. The highest BCUT2D eigenvalue weighted by Gasteiger charge is 2.45. The van der Waals surface area contributed by atoms with Gasteiger partial charge in [0.2, 0.25) is 23.2 Å². The summed E-state index contributed by atoms with van der Waals surface area (Å²) in [5, 5.41) is 80.1. The largest absolute Gasteiger partial charge is 0.507 e. The molecule has 1 saturated heterocycles. The molecule has 1 aliphatic rings. The van der Waals surface area contributed by atoms with Gasteiger partial charge in [-0.15, -0.1) is 0 Å². The van der Waals surface area contributed by atoms with Gasteiger partial charge in [-0.3, -0.25) is 4.79 Å². The molecule has 1 aromatic heterocycles. The first kappa shape index (κ1) is 24.4. The Morgan fingerprint density at radius 3 is 2.29 bits per heavy atom. The first-order valence-corrected chi connectivity index (χ1v) is 10.2. The normalized spacial score (nSPS) is 24.4. The number of ether oxygens (including phenoxy) is 3. The summed E-state index contributed by atoms with van der Waals surface area (Å²) in [6.07, 6.45) is -8.26. The maximum Gasteiger partial charge on any atom is 0.238 e. The molecule has 3 aromatic rings. The molecule has 0 unspecified atom stereocenters. The van der Waals surface area contributed by atoms with Crippen molar-refractivity contribution in [3.05, 3.63) is 34.5 Å². The maximum absolute atomic E-state index is 12.8. The lowest BCUT2D eigenvalue weighted by Crippen LogP contribution is -2.60. The van der Waals surface area contributed by atoms with E-state index in [9.17, 15) is 45.6 Å². The quantitative estimate of drug-likeness (QED) is 0.209. The third kappa shape index (κ3) is 4.05. The second-order valence-electron chi connectivity index (χ2n) is 7.76. The van der Waals surface area contributed by atoms with E-state index in [4.69, 9.17) is 18.6 Å². The second kappa shape index (κ2) is 9.13. The Balaban J connectivity index is 1.83. The number of aromatic hydroxyl groups is 4. The standard InChI is InChI=1S/C22H22O13/c1-32-10-4-7(2-3-8(10)24)20-18(30)16(28)13-9(25)5-11(15(27)21(13)35-20)33-22-19(31)17(29)14(26)12(6-23)34-22/h2-5,12,14,17,19,22-27,29-31H,6H2,1H3/t12-,14+,17-,19+,22+/m0/s1. The van der Waals surface area contributed by atoms with Crippen molar-refractivity contribution in [2.45, 2.75) is 30.7 Å². The van der Waals surface area contributed by atoms with Crippen molar-refractivity contribution in [1.82, 2.24) is 0 Å². The lowest BCUT2D eigenvalue weighted by atomic mass is 9.99. The van der Waals surface area contributed by atoms with Crippen LogP contribution < -0.4 is 14.9 Å². The van der Waals surface area contributed by atoms with E-state index in [1.54, 1.807) is 0 Å². The molecule has 1 aliphatic heterocycles. The zero-order valence-electron chi connectivity index (χ0n) is 18.0. The van der Waals surface area contributed by atoms with Crippen molar-refractivity contribution in [3.8, 4) is 45.8 Å². The fraction of sp³-hybridized carbons (Fsp3) is 0.318. The first-order chi connectivity index (χ1) is 16.6. The highest BCUT2D eigenvalue weighted by atomic mass is 16.7. The maximum atomic E-state index is 12.8. The lowest BCUT2D eigenvalue weighted by Gasteiger charge is -2.39. The fourth-order valence-corrected chi connectivity index (χ4v) is 3.70. The molecule has 35 heavy (non-hydrogen) atoms. The Kier molecular flexibility index (Phi) is 6.36. The highest BCUT2D eigenvalue weighted by Crippen LogP contribution is 2.44. The summed E-state index contributed by atoms with van der Waals surface area (Å²) in [6, 6.07) is 4.56. The summed E-state index contributed by atoms with van der Waals surface area (Å²) in [5.41, 5.74) is -1.62. The molecule has 13 nitrogen and oxygen atoms in total. The van der Waals surface area contributed by atoms with Crippen LogP contribution in [0.1, 0.15) is 0 Å². The van der Waals surface area contributed by atoms with Crippen LogP contribution >= 0.6 is 0 Å².